The highest BCUT2D eigenvalue weighted by Crippen LogP contribution is 2.32. The summed E-state index contributed by atoms with van der Waals surface area (Å²) in [6.07, 6.45) is -1.91. The van der Waals surface area contributed by atoms with Crippen LogP contribution in [0.25, 0.3) is 0 Å². The van der Waals surface area contributed by atoms with Crippen LogP contribution in [0.15, 0.2) is 18.2 Å². The van der Waals surface area contributed by atoms with Crippen molar-refractivity contribution in [2.75, 3.05) is 32.1 Å². The molecule has 1 unspecified atom stereocenters. The zero-order valence-corrected chi connectivity index (χ0v) is 16.3. The Hall–Kier alpha value is -2.69. The van der Waals surface area contributed by atoms with E-state index >= 15 is 0 Å². The van der Waals surface area contributed by atoms with Crippen LogP contribution in [0.3, 0.4) is 0 Å². The lowest BCUT2D eigenvalue weighted by Crippen LogP contribution is -2.44. The van der Waals surface area contributed by atoms with Gasteiger partial charge in [0.2, 0.25) is 13.6 Å². The maximum absolute atomic E-state index is 12.1. The molecule has 2 aliphatic heterocycles. The van der Waals surface area contributed by atoms with E-state index in [9.17, 15) is 18.0 Å². The van der Waals surface area contributed by atoms with Gasteiger partial charge in [-0.3, -0.25) is 0 Å². The van der Waals surface area contributed by atoms with E-state index in [4.69, 9.17) is 18.9 Å². The van der Waals surface area contributed by atoms with E-state index in [1.165, 1.54) is 4.90 Å². The number of nitrogens with zero attached hydrogens (tertiary/aromatic N) is 1. The minimum atomic E-state index is -3.10. The van der Waals surface area contributed by atoms with E-state index in [1.807, 2.05) is 25.1 Å². The number of hydrogen-bond acceptors (Lipinski definition) is 9. The van der Waals surface area contributed by atoms with Crippen LogP contribution >= 0.6 is 0 Å². The van der Waals surface area contributed by atoms with Crippen molar-refractivity contribution in [3.8, 4) is 11.5 Å². The van der Waals surface area contributed by atoms with Crippen LogP contribution in [0.1, 0.15) is 12.5 Å². The average Bonchev–Trinajstić information content (AvgIpc) is 3.07. The molecule has 1 fully saturated rings. The van der Waals surface area contributed by atoms with E-state index < -0.39 is 35.0 Å². The minimum absolute atomic E-state index is 0.194. The molecule has 2 aliphatic rings. The van der Waals surface area contributed by atoms with Crippen LogP contribution in [0.5, 0.6) is 11.5 Å². The van der Waals surface area contributed by atoms with Crippen molar-refractivity contribution in [1.82, 2.24) is 4.90 Å². The molecule has 0 N–H and O–H groups in total. The van der Waals surface area contributed by atoms with Crippen LogP contribution in [0.2, 0.25) is 0 Å². The third-order valence-electron chi connectivity index (χ3n) is 4.42. The molecule has 1 aromatic carbocycles. The van der Waals surface area contributed by atoms with Gasteiger partial charge >= 0.3 is 12.2 Å². The first-order chi connectivity index (χ1) is 13.2. The molecular weight excluding hydrogens is 394 g/mol. The highest BCUT2D eigenvalue weighted by Gasteiger charge is 2.37. The number of rotatable bonds is 6. The zero-order chi connectivity index (χ0) is 20.3. The summed E-state index contributed by atoms with van der Waals surface area (Å²) in [4.78, 5) is 24.8. The molecule has 10 nitrogen and oxygen atoms in total. The lowest BCUT2D eigenvalue weighted by atomic mass is 10.1. The largest absolute Gasteiger partial charge is 0.511 e. The number of fused-ring (bicyclic) bond motifs is 1. The van der Waals surface area contributed by atoms with Gasteiger partial charge in [0.05, 0.1) is 11.5 Å². The van der Waals surface area contributed by atoms with Gasteiger partial charge in [-0.15, -0.1) is 0 Å². The molecular formula is C17H21NO9S. The molecule has 1 atom stereocenters. The molecule has 1 amide bonds. The lowest BCUT2D eigenvalue weighted by molar-refractivity contribution is -0.0333. The summed E-state index contributed by atoms with van der Waals surface area (Å²) in [6.45, 7) is 1.41. The molecule has 0 saturated carbocycles. The van der Waals surface area contributed by atoms with Crippen molar-refractivity contribution < 1.29 is 41.7 Å². The summed E-state index contributed by atoms with van der Waals surface area (Å²) in [5.74, 6) is 0.915. The number of benzene rings is 1. The van der Waals surface area contributed by atoms with Crippen molar-refractivity contribution in [3.63, 3.8) is 0 Å². The van der Waals surface area contributed by atoms with Gasteiger partial charge in [0.1, 0.15) is 6.10 Å². The smallest absolute Gasteiger partial charge is 0.454 e. The van der Waals surface area contributed by atoms with Gasteiger partial charge in [-0.2, -0.15) is 0 Å². The molecule has 28 heavy (non-hydrogen) atoms. The first kappa shape index (κ1) is 20.1. The number of carbonyl (C=O) groups excluding carboxylic acids is 2. The predicted molar refractivity (Wildman–Crippen MR) is 94.8 cm³/mol. The second kappa shape index (κ2) is 8.13. The summed E-state index contributed by atoms with van der Waals surface area (Å²) in [6, 6.07) is 5.37. The average molecular weight is 415 g/mol. The quantitative estimate of drug-likeness (QED) is 0.501. The van der Waals surface area contributed by atoms with Crippen molar-refractivity contribution in [1.29, 1.82) is 0 Å². The first-order valence-corrected chi connectivity index (χ1v) is 10.4. The molecule has 0 bridgehead atoms. The Labute approximate surface area is 162 Å². The van der Waals surface area contributed by atoms with Crippen molar-refractivity contribution in [2.24, 2.45) is 0 Å². The van der Waals surface area contributed by atoms with E-state index in [-0.39, 0.29) is 24.3 Å². The van der Waals surface area contributed by atoms with Gasteiger partial charge in [-0.25, -0.2) is 18.0 Å². The number of amides is 1. The number of ether oxygens (including phenoxy) is 5. The number of hydrogen-bond donors (Lipinski definition) is 0. The Balaban J connectivity index is 1.38. The second-order valence-corrected chi connectivity index (χ2v) is 8.74. The SMILES string of the molecule is CC(Cc1ccc2c(c1)OCO2)N(C)C(=O)OCOC(=O)OC1CS(=O)(=O)C1. The fraction of sp³-hybridized carbons (Fsp3) is 0.529. The number of likely N-dealkylation sites (N-methyl/N-ethyl adjacent to an activating group) is 1. The highest BCUT2D eigenvalue weighted by atomic mass is 32.2. The summed E-state index contributed by atoms with van der Waals surface area (Å²) in [5.41, 5.74) is 0.965. The molecule has 0 aromatic heterocycles. The van der Waals surface area contributed by atoms with Gasteiger partial charge in [-0.1, -0.05) is 6.07 Å². The Morgan fingerprint density at radius 2 is 1.93 bits per heavy atom. The molecule has 1 aromatic rings. The molecule has 0 aliphatic carbocycles. The van der Waals surface area contributed by atoms with Crippen LogP contribution in [0.4, 0.5) is 9.59 Å². The predicted octanol–water partition coefficient (Wildman–Crippen LogP) is 1.32. The number of sulfone groups is 1. The highest BCUT2D eigenvalue weighted by molar-refractivity contribution is 7.92. The fourth-order valence-electron chi connectivity index (χ4n) is 2.71. The lowest BCUT2D eigenvalue weighted by Gasteiger charge is -2.25. The summed E-state index contributed by atoms with van der Waals surface area (Å²) in [5, 5.41) is 0. The van der Waals surface area contributed by atoms with Gasteiger partial charge in [0.15, 0.2) is 21.3 Å². The monoisotopic (exact) mass is 415 g/mol. The Morgan fingerprint density at radius 1 is 1.21 bits per heavy atom. The topological polar surface area (TPSA) is 118 Å². The summed E-state index contributed by atoms with van der Waals surface area (Å²) >= 11 is 0. The molecule has 3 rings (SSSR count). The van der Waals surface area contributed by atoms with Crippen LogP contribution < -0.4 is 9.47 Å². The minimum Gasteiger partial charge on any atom is -0.454 e. The summed E-state index contributed by atoms with van der Waals surface area (Å²) in [7, 11) is -1.53. The van der Waals surface area contributed by atoms with E-state index in [0.717, 1.165) is 5.56 Å². The third-order valence-corrected chi connectivity index (χ3v) is 6.18. The molecule has 0 spiro atoms. The molecule has 0 radical (unpaired) electrons. The van der Waals surface area contributed by atoms with Crippen molar-refractivity contribution in [3.05, 3.63) is 23.8 Å². The van der Waals surface area contributed by atoms with Gasteiger partial charge < -0.3 is 28.6 Å². The number of carbonyl (C=O) groups is 2. The molecule has 154 valence electrons. The molecule has 1 saturated heterocycles. The van der Waals surface area contributed by atoms with Gasteiger partial charge in [-0.05, 0) is 31.0 Å². The first-order valence-electron chi connectivity index (χ1n) is 8.55. The third kappa shape index (κ3) is 4.97. The fourth-order valence-corrected chi connectivity index (χ4v) is 3.88. The van der Waals surface area contributed by atoms with Crippen molar-refractivity contribution in [2.45, 2.75) is 25.5 Å². The molecule has 2 heterocycles. The van der Waals surface area contributed by atoms with Crippen LogP contribution in [-0.2, 0) is 30.5 Å². The van der Waals surface area contributed by atoms with E-state index in [0.29, 0.717) is 17.9 Å². The standard InChI is InChI=1S/C17H21NO9S/c1-11(5-12-3-4-14-15(6-12)24-9-23-14)18(2)16(19)25-10-26-17(20)27-13-7-28(21,22)8-13/h3-4,6,11,13H,5,7-10H2,1-2H3. The van der Waals surface area contributed by atoms with Gasteiger partial charge in [0.25, 0.3) is 0 Å². The zero-order valence-electron chi connectivity index (χ0n) is 15.5. The maximum Gasteiger partial charge on any atom is 0.511 e. The maximum atomic E-state index is 12.1. The molecule has 11 heteroatoms. The van der Waals surface area contributed by atoms with Gasteiger partial charge in [0, 0.05) is 13.1 Å². The van der Waals surface area contributed by atoms with E-state index in [2.05, 4.69) is 4.74 Å². The second-order valence-electron chi connectivity index (χ2n) is 6.59. The summed E-state index contributed by atoms with van der Waals surface area (Å²) < 4.78 is 46.8. The van der Waals surface area contributed by atoms with E-state index in [1.54, 1.807) is 7.05 Å². The van der Waals surface area contributed by atoms with Crippen LogP contribution in [-0.4, -0.2) is 69.9 Å². The Morgan fingerprint density at radius 3 is 2.64 bits per heavy atom. The Bertz CT molecular complexity index is 842. The Kier molecular flexibility index (Phi) is 5.82. The van der Waals surface area contributed by atoms with Crippen molar-refractivity contribution >= 4 is 22.1 Å². The van der Waals surface area contributed by atoms with Crippen LogP contribution in [0, 0.1) is 0 Å². The normalized spacial score (nSPS) is 17.9.